The van der Waals surface area contributed by atoms with Crippen molar-refractivity contribution in [3.63, 3.8) is 0 Å². The van der Waals surface area contributed by atoms with Gasteiger partial charge in [0.1, 0.15) is 5.71 Å². The summed E-state index contributed by atoms with van der Waals surface area (Å²) in [5.74, 6) is 5.41. The van der Waals surface area contributed by atoms with Crippen molar-refractivity contribution in [2.45, 2.75) is 6.92 Å². The molecule has 0 aliphatic carbocycles. The molecule has 2 heterocycles. The van der Waals surface area contributed by atoms with Gasteiger partial charge in [0.05, 0.1) is 26.9 Å². The van der Waals surface area contributed by atoms with Crippen LogP contribution in [-0.4, -0.2) is 30.5 Å². The van der Waals surface area contributed by atoms with E-state index in [2.05, 4.69) is 16.0 Å². The Morgan fingerprint density at radius 2 is 1.76 bits per heavy atom. The molecule has 0 bridgehead atoms. The first kappa shape index (κ1) is 27.5. The lowest BCUT2D eigenvalue weighted by molar-refractivity contribution is -0.384. The average molecular weight is 581 g/mol. The lowest BCUT2D eigenvalue weighted by Crippen LogP contribution is -2.37. The van der Waals surface area contributed by atoms with E-state index in [1.807, 2.05) is 78.3 Å². The zero-order valence-corrected chi connectivity index (χ0v) is 23.4. The third kappa shape index (κ3) is 6.41. The standard InChI is InChI=1S/C29H24N8O2S2/c1-19-27(24(33-34-28(40)32-30)16-15-20-9-8-14-23(17-20)37(38)39)41-29(31-19)36-26(22-12-6-3-7-13-22)18-25(35-36)21-10-4-2-5-11-21/h2-18H,30H2,1H3,(H2,32,34,40)/b16-15+,33-24+. The Labute approximate surface area is 245 Å². The van der Waals surface area contributed by atoms with Gasteiger partial charge in [0.15, 0.2) is 0 Å². The Hall–Kier alpha value is -5.04. The molecule has 204 valence electrons. The Morgan fingerprint density at radius 1 is 1.05 bits per heavy atom. The molecule has 0 saturated heterocycles. The summed E-state index contributed by atoms with van der Waals surface area (Å²) < 4.78 is 1.83. The maximum Gasteiger partial charge on any atom is 0.270 e. The summed E-state index contributed by atoms with van der Waals surface area (Å²) in [5.41, 5.74) is 10.6. The SMILES string of the molecule is Cc1nc(-n2nc(-c3ccccc3)cc2-c2ccccc2)sc1C(/C=C/c1cccc([N+](=O)[O-])c1)=N/NC(=S)NN. The Kier molecular flexibility index (Phi) is 8.34. The van der Waals surface area contributed by atoms with Crippen molar-refractivity contribution < 1.29 is 4.92 Å². The summed E-state index contributed by atoms with van der Waals surface area (Å²) in [6.07, 6.45) is 3.48. The number of thiazole rings is 1. The molecule has 0 radical (unpaired) electrons. The maximum atomic E-state index is 11.2. The number of benzene rings is 3. The van der Waals surface area contributed by atoms with Crippen LogP contribution in [0.1, 0.15) is 16.1 Å². The van der Waals surface area contributed by atoms with Crippen molar-refractivity contribution in [3.05, 3.63) is 123 Å². The van der Waals surface area contributed by atoms with Gasteiger partial charge >= 0.3 is 0 Å². The summed E-state index contributed by atoms with van der Waals surface area (Å²) >= 11 is 6.51. The van der Waals surface area contributed by atoms with Crippen LogP contribution in [0.2, 0.25) is 0 Å². The van der Waals surface area contributed by atoms with Gasteiger partial charge in [0.25, 0.3) is 5.69 Å². The predicted molar refractivity (Wildman–Crippen MR) is 167 cm³/mol. The number of hydrazine groups is 1. The highest BCUT2D eigenvalue weighted by Crippen LogP contribution is 2.31. The van der Waals surface area contributed by atoms with Gasteiger partial charge < -0.3 is 0 Å². The van der Waals surface area contributed by atoms with Crippen molar-refractivity contribution >= 4 is 46.1 Å². The van der Waals surface area contributed by atoms with E-state index < -0.39 is 4.92 Å². The molecule has 41 heavy (non-hydrogen) atoms. The second-order valence-corrected chi connectivity index (χ2v) is 10.1. The van der Waals surface area contributed by atoms with Crippen LogP contribution in [0.5, 0.6) is 0 Å². The summed E-state index contributed by atoms with van der Waals surface area (Å²) in [6.45, 7) is 1.88. The van der Waals surface area contributed by atoms with Crippen LogP contribution in [0, 0.1) is 17.0 Å². The largest absolute Gasteiger partial charge is 0.300 e. The number of allylic oxidation sites excluding steroid dienone is 1. The topological polar surface area (TPSA) is 136 Å². The van der Waals surface area contributed by atoms with Crippen molar-refractivity contribution in [1.82, 2.24) is 25.6 Å². The number of nitrogens with two attached hydrogens (primary N) is 1. The molecule has 0 saturated carbocycles. The Bertz CT molecular complexity index is 1760. The molecule has 0 aliphatic heterocycles. The van der Waals surface area contributed by atoms with E-state index in [0.717, 1.165) is 33.1 Å². The van der Waals surface area contributed by atoms with Crippen LogP contribution >= 0.6 is 23.6 Å². The zero-order valence-electron chi connectivity index (χ0n) is 21.8. The highest BCUT2D eigenvalue weighted by molar-refractivity contribution is 7.80. The number of hydrazone groups is 1. The molecule has 0 aliphatic rings. The summed E-state index contributed by atoms with van der Waals surface area (Å²) in [4.78, 5) is 16.4. The maximum absolute atomic E-state index is 11.2. The lowest BCUT2D eigenvalue weighted by atomic mass is 10.1. The molecule has 5 aromatic rings. The highest BCUT2D eigenvalue weighted by atomic mass is 32.1. The number of hydrogen-bond acceptors (Lipinski definition) is 8. The summed E-state index contributed by atoms with van der Waals surface area (Å²) in [6, 6.07) is 28.3. The lowest BCUT2D eigenvalue weighted by Gasteiger charge is -2.04. The fourth-order valence-corrected chi connectivity index (χ4v) is 5.07. The van der Waals surface area contributed by atoms with E-state index in [9.17, 15) is 10.1 Å². The fourth-order valence-electron chi connectivity index (χ4n) is 4.03. The van der Waals surface area contributed by atoms with Gasteiger partial charge in [-0.15, -0.1) is 0 Å². The van der Waals surface area contributed by atoms with Gasteiger partial charge in [-0.05, 0) is 36.8 Å². The van der Waals surface area contributed by atoms with E-state index >= 15 is 0 Å². The van der Waals surface area contributed by atoms with Gasteiger partial charge in [-0.3, -0.25) is 21.0 Å². The minimum Gasteiger partial charge on any atom is -0.300 e. The van der Waals surface area contributed by atoms with Gasteiger partial charge in [-0.2, -0.15) is 10.2 Å². The van der Waals surface area contributed by atoms with Crippen molar-refractivity contribution in [3.8, 4) is 27.6 Å². The third-order valence-corrected chi connectivity index (χ3v) is 7.34. The molecule has 0 fully saturated rings. The number of nitro groups is 1. The van der Waals surface area contributed by atoms with Gasteiger partial charge in [0, 0.05) is 23.3 Å². The van der Waals surface area contributed by atoms with Crippen LogP contribution in [0.25, 0.3) is 33.7 Å². The predicted octanol–water partition coefficient (Wildman–Crippen LogP) is 5.63. The number of thiocarbonyl (C=S) groups is 1. The molecule has 2 aromatic heterocycles. The molecule has 4 N–H and O–H groups in total. The number of aryl methyl sites for hydroxylation is 1. The average Bonchev–Trinajstić information content (AvgIpc) is 3.62. The van der Waals surface area contributed by atoms with E-state index in [1.54, 1.807) is 24.3 Å². The first-order valence-electron chi connectivity index (χ1n) is 12.4. The van der Waals surface area contributed by atoms with Gasteiger partial charge in [-0.25, -0.2) is 15.5 Å². The monoisotopic (exact) mass is 580 g/mol. The third-order valence-electron chi connectivity index (χ3n) is 5.97. The molecule has 0 atom stereocenters. The molecule has 0 spiro atoms. The second-order valence-electron chi connectivity index (χ2n) is 8.74. The molecule has 10 nitrogen and oxygen atoms in total. The van der Waals surface area contributed by atoms with Crippen molar-refractivity contribution in [2.75, 3.05) is 0 Å². The molecule has 5 rings (SSSR count). The van der Waals surface area contributed by atoms with E-state index in [4.69, 9.17) is 28.1 Å². The molecular weight excluding hydrogens is 557 g/mol. The van der Waals surface area contributed by atoms with Crippen LogP contribution in [0.4, 0.5) is 5.69 Å². The van der Waals surface area contributed by atoms with E-state index in [0.29, 0.717) is 16.4 Å². The van der Waals surface area contributed by atoms with E-state index in [1.165, 1.54) is 23.5 Å². The quantitative estimate of drug-likeness (QED) is 0.0706. The van der Waals surface area contributed by atoms with Crippen LogP contribution < -0.4 is 16.7 Å². The Balaban J connectivity index is 1.58. The number of rotatable bonds is 8. The van der Waals surface area contributed by atoms with E-state index in [-0.39, 0.29) is 10.8 Å². The normalized spacial score (nSPS) is 11.5. The molecule has 3 aromatic carbocycles. The second kappa shape index (κ2) is 12.4. The Morgan fingerprint density at radius 3 is 2.44 bits per heavy atom. The number of nitrogens with zero attached hydrogens (tertiary/aromatic N) is 5. The van der Waals surface area contributed by atoms with Crippen LogP contribution in [0.3, 0.4) is 0 Å². The van der Waals surface area contributed by atoms with Gasteiger partial charge in [-0.1, -0.05) is 90.2 Å². The summed E-state index contributed by atoms with van der Waals surface area (Å²) in [5, 5.41) is 21.4. The summed E-state index contributed by atoms with van der Waals surface area (Å²) in [7, 11) is 0. The van der Waals surface area contributed by atoms with Crippen molar-refractivity contribution in [2.24, 2.45) is 10.9 Å². The minimum absolute atomic E-state index is 0.00475. The van der Waals surface area contributed by atoms with Crippen LogP contribution in [0.15, 0.2) is 102 Å². The highest BCUT2D eigenvalue weighted by Gasteiger charge is 2.19. The number of hydrogen-bond donors (Lipinski definition) is 3. The molecular formula is C29H24N8O2S2. The number of nitro benzene ring substituents is 1. The molecule has 0 amide bonds. The zero-order chi connectivity index (χ0) is 28.8. The number of non-ortho nitro benzene ring substituents is 1. The minimum atomic E-state index is -0.434. The number of aromatic nitrogens is 3. The molecule has 0 unspecified atom stereocenters. The first-order chi connectivity index (χ1) is 19.9. The van der Waals surface area contributed by atoms with Gasteiger partial charge in [0.2, 0.25) is 10.2 Å². The first-order valence-corrected chi connectivity index (χ1v) is 13.6. The smallest absolute Gasteiger partial charge is 0.270 e. The van der Waals surface area contributed by atoms with Crippen molar-refractivity contribution in [1.29, 1.82) is 0 Å². The fraction of sp³-hybridized carbons (Fsp3) is 0.0345. The molecule has 12 heteroatoms. The number of nitrogens with one attached hydrogen (secondary N) is 2. The van der Waals surface area contributed by atoms with Crippen LogP contribution in [-0.2, 0) is 0 Å².